The Hall–Kier alpha value is -3.39. The molecule has 3 aliphatic rings. The molecule has 5 rings (SSSR count). The summed E-state index contributed by atoms with van der Waals surface area (Å²) in [5.41, 5.74) is 2.38. The van der Waals surface area contributed by atoms with Crippen LogP contribution in [-0.2, 0) is 20.9 Å². The van der Waals surface area contributed by atoms with Crippen molar-refractivity contribution in [2.24, 2.45) is 0 Å². The van der Waals surface area contributed by atoms with Crippen LogP contribution in [0.2, 0.25) is 0 Å². The minimum absolute atomic E-state index is 0.0248. The van der Waals surface area contributed by atoms with E-state index in [1.807, 2.05) is 25.1 Å². The van der Waals surface area contributed by atoms with E-state index < -0.39 is 5.66 Å². The Morgan fingerprint density at radius 1 is 1.06 bits per heavy atom. The Bertz CT molecular complexity index is 1080. The van der Waals surface area contributed by atoms with Crippen LogP contribution < -0.4 is 15.1 Å². The zero-order valence-electron chi connectivity index (χ0n) is 18.8. The first-order valence-corrected chi connectivity index (χ1v) is 11.4. The SMILES string of the molecule is CC12CCC(=O)N1c1ccccc1C(=O)N2CC(=O)NCc1ccc(N2CCOCC2)cc1. The number of nitrogens with one attached hydrogen (secondary N) is 1. The van der Waals surface area contributed by atoms with E-state index in [0.29, 0.717) is 30.6 Å². The fourth-order valence-electron chi connectivity index (χ4n) is 4.99. The number of para-hydroxylation sites is 1. The minimum Gasteiger partial charge on any atom is -0.378 e. The van der Waals surface area contributed by atoms with E-state index in [0.717, 1.165) is 37.6 Å². The summed E-state index contributed by atoms with van der Waals surface area (Å²) in [6.07, 6.45) is 0.855. The Morgan fingerprint density at radius 2 is 1.79 bits per heavy atom. The average Bonchev–Trinajstić information content (AvgIpc) is 3.16. The highest BCUT2D eigenvalue weighted by Crippen LogP contribution is 2.43. The summed E-state index contributed by atoms with van der Waals surface area (Å²) in [5.74, 6) is -0.493. The van der Waals surface area contributed by atoms with Gasteiger partial charge in [-0.25, -0.2) is 0 Å². The van der Waals surface area contributed by atoms with Gasteiger partial charge in [0.25, 0.3) is 5.91 Å². The van der Waals surface area contributed by atoms with Gasteiger partial charge in [-0.05, 0) is 43.2 Å². The third-order valence-electron chi connectivity index (χ3n) is 6.85. The van der Waals surface area contributed by atoms with Crippen LogP contribution in [-0.4, -0.2) is 61.1 Å². The Morgan fingerprint density at radius 3 is 2.55 bits per heavy atom. The maximum atomic E-state index is 13.3. The number of morpholine rings is 1. The molecule has 0 aliphatic carbocycles. The van der Waals surface area contributed by atoms with Gasteiger partial charge >= 0.3 is 0 Å². The van der Waals surface area contributed by atoms with Crippen LogP contribution in [0.3, 0.4) is 0 Å². The summed E-state index contributed by atoms with van der Waals surface area (Å²) in [6.45, 7) is 5.37. The second kappa shape index (κ2) is 8.51. The fourth-order valence-corrected chi connectivity index (χ4v) is 4.99. The zero-order chi connectivity index (χ0) is 23.0. The Labute approximate surface area is 193 Å². The summed E-state index contributed by atoms with van der Waals surface area (Å²) < 4.78 is 5.40. The fraction of sp³-hybridized carbons (Fsp3) is 0.400. The highest BCUT2D eigenvalue weighted by atomic mass is 16.5. The lowest BCUT2D eigenvalue weighted by Gasteiger charge is -2.48. The van der Waals surface area contributed by atoms with Gasteiger partial charge in [0, 0.05) is 31.7 Å². The number of rotatable bonds is 5. The number of amides is 3. The number of nitrogens with zero attached hydrogens (tertiary/aromatic N) is 3. The summed E-state index contributed by atoms with van der Waals surface area (Å²) in [7, 11) is 0. The summed E-state index contributed by atoms with van der Waals surface area (Å²) in [4.78, 5) is 44.2. The van der Waals surface area contributed by atoms with Crippen molar-refractivity contribution in [1.29, 1.82) is 0 Å². The van der Waals surface area contributed by atoms with E-state index in [1.165, 1.54) is 4.90 Å². The molecule has 3 heterocycles. The number of hydrogen-bond acceptors (Lipinski definition) is 5. The number of anilines is 2. The third-order valence-corrected chi connectivity index (χ3v) is 6.85. The monoisotopic (exact) mass is 448 g/mol. The number of hydrogen-bond donors (Lipinski definition) is 1. The smallest absolute Gasteiger partial charge is 0.258 e. The van der Waals surface area contributed by atoms with Crippen LogP contribution in [0.1, 0.15) is 35.7 Å². The first kappa shape index (κ1) is 21.5. The molecule has 2 fully saturated rings. The molecule has 33 heavy (non-hydrogen) atoms. The van der Waals surface area contributed by atoms with Crippen molar-refractivity contribution in [2.45, 2.75) is 32.0 Å². The number of fused-ring (bicyclic) bond motifs is 3. The van der Waals surface area contributed by atoms with Crippen LogP contribution in [0.15, 0.2) is 48.5 Å². The zero-order valence-corrected chi connectivity index (χ0v) is 18.8. The first-order valence-electron chi connectivity index (χ1n) is 11.4. The quantitative estimate of drug-likeness (QED) is 0.758. The molecule has 0 aromatic heterocycles. The number of ether oxygens (including phenoxy) is 1. The molecular weight excluding hydrogens is 420 g/mol. The van der Waals surface area contributed by atoms with Gasteiger partial charge in [-0.15, -0.1) is 0 Å². The van der Waals surface area contributed by atoms with Crippen molar-refractivity contribution in [3.63, 3.8) is 0 Å². The van der Waals surface area contributed by atoms with Gasteiger partial charge in [0.1, 0.15) is 12.2 Å². The summed E-state index contributed by atoms with van der Waals surface area (Å²) in [5, 5.41) is 2.93. The van der Waals surface area contributed by atoms with Gasteiger partial charge in [-0.3, -0.25) is 19.3 Å². The molecule has 3 amide bonds. The summed E-state index contributed by atoms with van der Waals surface area (Å²) in [6, 6.07) is 15.2. The van der Waals surface area contributed by atoms with Crippen molar-refractivity contribution < 1.29 is 19.1 Å². The average molecular weight is 449 g/mol. The van der Waals surface area contributed by atoms with E-state index in [1.54, 1.807) is 23.1 Å². The highest BCUT2D eigenvalue weighted by molar-refractivity contribution is 6.11. The molecule has 0 spiro atoms. The van der Waals surface area contributed by atoms with E-state index in [4.69, 9.17) is 4.74 Å². The van der Waals surface area contributed by atoms with Crippen molar-refractivity contribution in [3.8, 4) is 0 Å². The van der Waals surface area contributed by atoms with E-state index in [2.05, 4.69) is 22.3 Å². The van der Waals surface area contributed by atoms with Gasteiger partial charge in [0.15, 0.2) is 0 Å². The Balaban J connectivity index is 1.26. The molecule has 0 bridgehead atoms. The van der Waals surface area contributed by atoms with Crippen LogP contribution in [0.4, 0.5) is 11.4 Å². The van der Waals surface area contributed by atoms with Gasteiger partial charge in [-0.1, -0.05) is 24.3 Å². The number of carbonyl (C=O) groups excluding carboxylic acids is 3. The molecule has 1 unspecified atom stereocenters. The summed E-state index contributed by atoms with van der Waals surface area (Å²) >= 11 is 0. The van der Waals surface area contributed by atoms with Crippen molar-refractivity contribution in [3.05, 3.63) is 59.7 Å². The maximum absolute atomic E-state index is 13.3. The molecule has 0 radical (unpaired) electrons. The van der Waals surface area contributed by atoms with Crippen LogP contribution in [0, 0.1) is 0 Å². The second-order valence-electron chi connectivity index (χ2n) is 8.90. The Kier molecular flexibility index (Phi) is 5.54. The topological polar surface area (TPSA) is 82.2 Å². The van der Waals surface area contributed by atoms with Crippen molar-refractivity contribution in [2.75, 3.05) is 42.6 Å². The van der Waals surface area contributed by atoms with Crippen LogP contribution >= 0.6 is 0 Å². The minimum atomic E-state index is -0.834. The second-order valence-corrected chi connectivity index (χ2v) is 8.90. The van der Waals surface area contributed by atoms with Gasteiger partial charge in [0.2, 0.25) is 11.8 Å². The van der Waals surface area contributed by atoms with E-state index in [9.17, 15) is 14.4 Å². The predicted molar refractivity (Wildman–Crippen MR) is 124 cm³/mol. The van der Waals surface area contributed by atoms with Crippen molar-refractivity contribution >= 4 is 29.1 Å². The lowest BCUT2D eigenvalue weighted by atomic mass is 9.98. The molecule has 2 saturated heterocycles. The first-order chi connectivity index (χ1) is 16.0. The number of carbonyl (C=O) groups is 3. The molecule has 1 atom stereocenters. The van der Waals surface area contributed by atoms with Gasteiger partial charge in [0.05, 0.1) is 24.5 Å². The van der Waals surface area contributed by atoms with Gasteiger partial charge < -0.3 is 19.9 Å². The van der Waals surface area contributed by atoms with Crippen LogP contribution in [0.25, 0.3) is 0 Å². The molecule has 172 valence electrons. The van der Waals surface area contributed by atoms with E-state index in [-0.39, 0.29) is 24.3 Å². The van der Waals surface area contributed by atoms with E-state index >= 15 is 0 Å². The van der Waals surface area contributed by atoms with Crippen LogP contribution in [0.5, 0.6) is 0 Å². The lowest BCUT2D eigenvalue weighted by Crippen LogP contribution is -2.63. The highest BCUT2D eigenvalue weighted by Gasteiger charge is 2.53. The molecule has 8 nitrogen and oxygen atoms in total. The molecule has 2 aromatic carbocycles. The molecule has 2 aromatic rings. The van der Waals surface area contributed by atoms with Gasteiger partial charge in [-0.2, -0.15) is 0 Å². The molecule has 8 heteroatoms. The van der Waals surface area contributed by atoms with Crippen molar-refractivity contribution in [1.82, 2.24) is 10.2 Å². The molecule has 3 aliphatic heterocycles. The standard InChI is InChI=1S/C25H28N4O4/c1-25-11-10-23(31)29(25)21-5-3-2-4-20(21)24(32)28(25)17-22(30)26-16-18-6-8-19(9-7-18)27-12-14-33-15-13-27/h2-9H,10-17H2,1H3,(H,26,30). The molecular formula is C25H28N4O4. The maximum Gasteiger partial charge on any atom is 0.258 e. The lowest BCUT2D eigenvalue weighted by molar-refractivity contribution is -0.124. The normalized spacial score (nSPS) is 22.3. The largest absolute Gasteiger partial charge is 0.378 e. The third kappa shape index (κ3) is 3.84. The number of benzene rings is 2. The molecule has 0 saturated carbocycles. The molecule has 1 N–H and O–H groups in total. The predicted octanol–water partition coefficient (Wildman–Crippen LogP) is 2.14.